The Labute approximate surface area is 283 Å². The van der Waals surface area contributed by atoms with E-state index in [0.29, 0.717) is 17.5 Å². The van der Waals surface area contributed by atoms with Gasteiger partial charge in [-0.15, -0.1) is 0 Å². The highest BCUT2D eigenvalue weighted by Gasteiger charge is 2.35. The average molecular weight is 687 g/mol. The highest BCUT2D eigenvalue weighted by Crippen LogP contribution is 2.15. The van der Waals surface area contributed by atoms with Gasteiger partial charge in [0.2, 0.25) is 29.5 Å². The molecule has 0 aliphatic rings. The Kier molecular flexibility index (Phi) is 15.4. The summed E-state index contributed by atoms with van der Waals surface area (Å²) in [4.78, 5) is 76.3. The molecule has 0 radical (unpaired) electrons. The van der Waals surface area contributed by atoms with Crippen LogP contribution in [-0.2, 0) is 41.6 Å². The molecule has 0 bridgehead atoms. The number of phenols is 2. The number of carbonyl (C=O) groups is 6. The van der Waals surface area contributed by atoms with E-state index in [1.165, 1.54) is 43.3 Å². The van der Waals surface area contributed by atoms with Crippen LogP contribution in [0.1, 0.15) is 51.2 Å². The summed E-state index contributed by atoms with van der Waals surface area (Å²) in [6.45, 7) is 4.71. The Balaban J connectivity index is 2.30. The van der Waals surface area contributed by atoms with Gasteiger partial charge in [0.1, 0.15) is 35.7 Å². The first kappa shape index (κ1) is 40.0. The Hall–Kier alpha value is -5.22. The van der Waals surface area contributed by atoms with Crippen molar-refractivity contribution in [3.63, 3.8) is 0 Å². The van der Waals surface area contributed by atoms with Crippen molar-refractivity contribution in [2.45, 2.75) is 89.2 Å². The molecule has 16 nitrogen and oxygen atoms in total. The lowest BCUT2D eigenvalue weighted by molar-refractivity contribution is -0.143. The molecule has 0 saturated heterocycles. The van der Waals surface area contributed by atoms with Crippen LogP contribution in [0, 0.1) is 5.92 Å². The third-order valence-electron chi connectivity index (χ3n) is 7.89. The topological polar surface area (TPSA) is 284 Å². The minimum absolute atomic E-state index is 0.0474. The zero-order valence-electron chi connectivity index (χ0n) is 27.6. The summed E-state index contributed by atoms with van der Waals surface area (Å²) < 4.78 is 0. The van der Waals surface area contributed by atoms with Crippen molar-refractivity contribution in [3.05, 3.63) is 59.7 Å². The van der Waals surface area contributed by atoms with Crippen LogP contribution >= 0.6 is 0 Å². The summed E-state index contributed by atoms with van der Waals surface area (Å²) in [7, 11) is 0. The van der Waals surface area contributed by atoms with Crippen LogP contribution in [0.2, 0.25) is 0 Å². The molecule has 7 unspecified atom stereocenters. The third kappa shape index (κ3) is 13.1. The standard InChI is InChI=1S/C33H46N6O10/c1-4-17(2)27(38-29(44)23(34)15-19-5-9-21(41)10-6-19)31(46)37-25(16-20-7-11-22(42)12-8-20)30(45)39-28(18(3)40)32(47)36-24(33(48)49)13-14-26(35)43/h5-12,17-18,23-25,27-28,40-42H,4,13-16,34H2,1-3H3,(H2,35,43)(H,36,47)(H,37,46)(H,38,44)(H,39,45)(H,48,49). The van der Waals surface area contributed by atoms with Gasteiger partial charge in [0.05, 0.1) is 12.1 Å². The molecule has 12 N–H and O–H groups in total. The lowest BCUT2D eigenvalue weighted by Crippen LogP contribution is -2.61. The van der Waals surface area contributed by atoms with Crippen LogP contribution in [0.25, 0.3) is 0 Å². The normalized spacial score (nSPS) is 15.3. The molecule has 0 fully saturated rings. The summed E-state index contributed by atoms with van der Waals surface area (Å²) in [5.74, 6) is -6.06. The summed E-state index contributed by atoms with van der Waals surface area (Å²) in [5.41, 5.74) is 12.4. The van der Waals surface area contributed by atoms with Crippen molar-refractivity contribution in [3.8, 4) is 11.5 Å². The summed E-state index contributed by atoms with van der Waals surface area (Å²) in [5, 5.41) is 48.9. The number of nitrogens with one attached hydrogen (secondary N) is 4. The van der Waals surface area contributed by atoms with Gasteiger partial charge in [0, 0.05) is 12.8 Å². The molecule has 2 aromatic carbocycles. The van der Waals surface area contributed by atoms with Gasteiger partial charge in [-0.3, -0.25) is 24.0 Å². The maximum Gasteiger partial charge on any atom is 0.326 e. The summed E-state index contributed by atoms with van der Waals surface area (Å²) in [6, 6.07) is 5.07. The summed E-state index contributed by atoms with van der Waals surface area (Å²) in [6.07, 6.45) is -1.80. The van der Waals surface area contributed by atoms with Crippen molar-refractivity contribution in [1.29, 1.82) is 0 Å². The van der Waals surface area contributed by atoms with E-state index in [-0.39, 0.29) is 37.2 Å². The molecule has 0 spiro atoms. The van der Waals surface area contributed by atoms with Crippen molar-refractivity contribution in [1.82, 2.24) is 21.3 Å². The molecule has 0 heterocycles. The van der Waals surface area contributed by atoms with Gasteiger partial charge in [0.25, 0.3) is 0 Å². The smallest absolute Gasteiger partial charge is 0.326 e. The van der Waals surface area contributed by atoms with E-state index in [2.05, 4.69) is 21.3 Å². The largest absolute Gasteiger partial charge is 0.508 e. The number of aromatic hydroxyl groups is 2. The van der Waals surface area contributed by atoms with E-state index in [9.17, 15) is 49.2 Å². The highest BCUT2D eigenvalue weighted by molar-refractivity contribution is 5.96. The molecular weight excluding hydrogens is 640 g/mol. The van der Waals surface area contributed by atoms with Crippen molar-refractivity contribution >= 4 is 35.5 Å². The first-order chi connectivity index (χ1) is 23.0. The maximum absolute atomic E-state index is 13.7. The molecular formula is C33H46N6O10. The minimum atomic E-state index is -1.68. The number of carboxylic acids is 1. The lowest BCUT2D eigenvalue weighted by atomic mass is 9.96. The van der Waals surface area contributed by atoms with Crippen molar-refractivity contribution < 1.29 is 49.2 Å². The van der Waals surface area contributed by atoms with E-state index in [1.807, 2.05) is 0 Å². The molecule has 0 aliphatic carbocycles. The lowest BCUT2D eigenvalue weighted by Gasteiger charge is -2.29. The van der Waals surface area contributed by atoms with Crippen LogP contribution in [0.5, 0.6) is 11.5 Å². The van der Waals surface area contributed by atoms with Crippen LogP contribution in [-0.4, -0.2) is 92.2 Å². The fourth-order valence-corrected chi connectivity index (χ4v) is 4.74. The first-order valence-electron chi connectivity index (χ1n) is 15.7. The molecule has 7 atom stereocenters. The second kappa shape index (κ2) is 18.9. The Morgan fingerprint density at radius 1 is 0.694 bits per heavy atom. The molecule has 16 heteroatoms. The number of nitrogens with two attached hydrogens (primary N) is 2. The van der Waals surface area contributed by atoms with Crippen LogP contribution in [0.3, 0.4) is 0 Å². The van der Waals surface area contributed by atoms with E-state index >= 15 is 0 Å². The Bertz CT molecular complexity index is 1450. The number of hydrogen-bond acceptors (Lipinski definition) is 10. The Morgan fingerprint density at radius 2 is 1.16 bits per heavy atom. The van der Waals surface area contributed by atoms with E-state index in [4.69, 9.17) is 11.5 Å². The highest BCUT2D eigenvalue weighted by atomic mass is 16.4. The fraction of sp³-hybridized carbons (Fsp3) is 0.455. The molecule has 2 rings (SSSR count). The number of aliphatic carboxylic acids is 1. The number of rotatable bonds is 19. The van der Waals surface area contributed by atoms with Gasteiger partial charge in [-0.1, -0.05) is 44.5 Å². The molecule has 2 aromatic rings. The first-order valence-corrected chi connectivity index (χ1v) is 15.7. The zero-order chi connectivity index (χ0) is 36.8. The van der Waals surface area contributed by atoms with E-state index in [0.717, 1.165) is 0 Å². The predicted molar refractivity (Wildman–Crippen MR) is 177 cm³/mol. The second-order valence-corrected chi connectivity index (χ2v) is 11.9. The molecule has 0 aromatic heterocycles. The van der Waals surface area contributed by atoms with Crippen molar-refractivity contribution in [2.75, 3.05) is 0 Å². The molecule has 0 saturated carbocycles. The quantitative estimate of drug-likeness (QED) is 0.0849. The molecule has 5 amide bonds. The summed E-state index contributed by atoms with van der Waals surface area (Å²) >= 11 is 0. The number of phenolic OH excluding ortho intramolecular Hbond substituents is 2. The number of primary amides is 1. The molecule has 0 aliphatic heterocycles. The minimum Gasteiger partial charge on any atom is -0.508 e. The number of carboxylic acid groups (broad SMARTS) is 1. The van der Waals surface area contributed by atoms with Crippen LogP contribution in [0.4, 0.5) is 0 Å². The van der Waals surface area contributed by atoms with Crippen LogP contribution < -0.4 is 32.7 Å². The second-order valence-electron chi connectivity index (χ2n) is 11.9. The monoisotopic (exact) mass is 686 g/mol. The van der Waals surface area contributed by atoms with Crippen LogP contribution in [0.15, 0.2) is 48.5 Å². The SMILES string of the molecule is CCC(C)C(NC(=O)C(N)Cc1ccc(O)cc1)C(=O)NC(Cc1ccc(O)cc1)C(=O)NC(C(=O)NC(CCC(N)=O)C(=O)O)C(C)O. The number of carbonyl (C=O) groups excluding carboxylic acids is 5. The van der Waals surface area contributed by atoms with Gasteiger partial charge in [-0.05, 0) is 61.1 Å². The maximum atomic E-state index is 13.7. The van der Waals surface area contributed by atoms with Gasteiger partial charge in [0.15, 0.2) is 0 Å². The molecule has 268 valence electrons. The number of amides is 5. The number of aliphatic hydroxyl groups is 1. The molecule has 49 heavy (non-hydrogen) atoms. The number of aliphatic hydroxyl groups excluding tert-OH is 1. The van der Waals surface area contributed by atoms with E-state index in [1.54, 1.807) is 26.0 Å². The van der Waals surface area contributed by atoms with Gasteiger partial charge in [-0.25, -0.2) is 4.79 Å². The predicted octanol–water partition coefficient (Wildman–Crippen LogP) is -1.07. The third-order valence-corrected chi connectivity index (χ3v) is 7.89. The average Bonchev–Trinajstić information content (AvgIpc) is 3.04. The number of hydrogen-bond donors (Lipinski definition) is 10. The Morgan fingerprint density at radius 3 is 1.63 bits per heavy atom. The number of benzene rings is 2. The van der Waals surface area contributed by atoms with Gasteiger partial charge < -0.3 is 53.2 Å². The van der Waals surface area contributed by atoms with E-state index < -0.39 is 77.7 Å². The van der Waals surface area contributed by atoms with Crippen molar-refractivity contribution in [2.24, 2.45) is 17.4 Å². The van der Waals surface area contributed by atoms with Gasteiger partial charge in [-0.2, -0.15) is 0 Å². The zero-order valence-corrected chi connectivity index (χ0v) is 27.6. The van der Waals surface area contributed by atoms with Gasteiger partial charge >= 0.3 is 5.97 Å². The fourth-order valence-electron chi connectivity index (χ4n) is 4.74.